The van der Waals surface area contributed by atoms with E-state index in [0.717, 1.165) is 19.3 Å². The van der Waals surface area contributed by atoms with Gasteiger partial charge in [-0.15, -0.1) is 0 Å². The maximum atomic E-state index is 11.3. The fourth-order valence-corrected chi connectivity index (χ4v) is 1.72. The maximum absolute atomic E-state index is 11.3. The Morgan fingerprint density at radius 3 is 2.67 bits per heavy atom. The molecule has 12 heavy (non-hydrogen) atoms. The van der Waals surface area contributed by atoms with Gasteiger partial charge in [-0.25, -0.2) is 0 Å². The summed E-state index contributed by atoms with van der Waals surface area (Å²) in [4.78, 5) is 11.3. The zero-order chi connectivity index (χ0) is 9.14. The molecule has 0 aliphatic carbocycles. The molecule has 2 nitrogen and oxygen atoms in total. The van der Waals surface area contributed by atoms with Crippen LogP contribution < -0.4 is 0 Å². The summed E-state index contributed by atoms with van der Waals surface area (Å²) < 4.78 is 5.24. The topological polar surface area (TPSA) is 26.3 Å². The van der Waals surface area contributed by atoms with Crippen LogP contribution >= 0.6 is 0 Å². The number of cyclic esters (lactones) is 1. The summed E-state index contributed by atoms with van der Waals surface area (Å²) in [5.74, 6) is 0.601. The molecule has 1 rings (SSSR count). The molecule has 1 saturated heterocycles. The third-order valence-electron chi connectivity index (χ3n) is 2.52. The number of hydrogen-bond donors (Lipinski definition) is 0. The Bertz CT molecular complexity index is 163. The van der Waals surface area contributed by atoms with Gasteiger partial charge < -0.3 is 4.74 Å². The molecule has 0 radical (unpaired) electrons. The minimum absolute atomic E-state index is 0.0171. The molecule has 1 aliphatic rings. The molecule has 0 saturated carbocycles. The fourth-order valence-electron chi connectivity index (χ4n) is 1.72. The molecule has 2 heteroatoms. The highest BCUT2D eigenvalue weighted by Gasteiger charge is 2.35. The second-order valence-electron chi connectivity index (χ2n) is 3.93. The quantitative estimate of drug-likeness (QED) is 0.608. The van der Waals surface area contributed by atoms with E-state index < -0.39 is 0 Å². The van der Waals surface area contributed by atoms with Gasteiger partial charge in [0.05, 0.1) is 5.92 Å². The molecule has 1 heterocycles. The molecule has 0 amide bonds. The summed E-state index contributed by atoms with van der Waals surface area (Å²) in [7, 11) is 0. The molecule has 0 aromatic rings. The molecular weight excluding hydrogens is 152 g/mol. The molecular formula is C10H18O2. The van der Waals surface area contributed by atoms with E-state index in [1.807, 2.05) is 0 Å². The third kappa shape index (κ3) is 1.99. The van der Waals surface area contributed by atoms with Crippen molar-refractivity contribution in [2.75, 3.05) is 0 Å². The highest BCUT2D eigenvalue weighted by molar-refractivity contribution is 5.74. The lowest BCUT2D eigenvalue weighted by molar-refractivity contribution is -0.145. The van der Waals surface area contributed by atoms with Crippen molar-refractivity contribution in [1.29, 1.82) is 0 Å². The molecule has 0 N–H and O–H groups in total. The van der Waals surface area contributed by atoms with Crippen LogP contribution in [0.15, 0.2) is 0 Å². The van der Waals surface area contributed by atoms with Crippen molar-refractivity contribution in [3.8, 4) is 0 Å². The number of esters is 1. The number of carbonyl (C=O) groups is 1. The number of ether oxygens (including phenoxy) is 1. The van der Waals surface area contributed by atoms with E-state index in [0.29, 0.717) is 5.92 Å². The average molecular weight is 170 g/mol. The van der Waals surface area contributed by atoms with Crippen LogP contribution in [0.25, 0.3) is 0 Å². The fraction of sp³-hybridized carbons (Fsp3) is 0.900. The van der Waals surface area contributed by atoms with E-state index in [4.69, 9.17) is 4.74 Å². The van der Waals surface area contributed by atoms with Crippen LogP contribution in [-0.2, 0) is 9.53 Å². The van der Waals surface area contributed by atoms with Crippen LogP contribution in [0.3, 0.4) is 0 Å². The van der Waals surface area contributed by atoms with Crippen LogP contribution in [0.1, 0.15) is 40.0 Å². The maximum Gasteiger partial charge on any atom is 0.309 e. The summed E-state index contributed by atoms with van der Waals surface area (Å²) >= 11 is 0. The standard InChI is InChI=1S/C10H18O2/c1-4-5-8-6-9(7(2)3)10(11)12-8/h7-9H,4-6H2,1-3H3/t8-,9-/m0/s1. The van der Waals surface area contributed by atoms with Crippen LogP contribution in [0.2, 0.25) is 0 Å². The smallest absolute Gasteiger partial charge is 0.309 e. The minimum atomic E-state index is 0.0171. The van der Waals surface area contributed by atoms with Crippen molar-refractivity contribution in [1.82, 2.24) is 0 Å². The predicted octanol–water partition coefficient (Wildman–Crippen LogP) is 2.37. The first-order chi connectivity index (χ1) is 5.65. The Balaban J connectivity index is 2.45. The average Bonchev–Trinajstić information content (AvgIpc) is 2.32. The van der Waals surface area contributed by atoms with Gasteiger partial charge in [-0.3, -0.25) is 4.79 Å². The van der Waals surface area contributed by atoms with E-state index in [-0.39, 0.29) is 18.0 Å². The Kier molecular flexibility index (Phi) is 3.12. The summed E-state index contributed by atoms with van der Waals surface area (Å²) in [5.41, 5.74) is 0. The summed E-state index contributed by atoms with van der Waals surface area (Å²) in [5, 5.41) is 0. The summed E-state index contributed by atoms with van der Waals surface area (Å²) in [6.45, 7) is 6.29. The van der Waals surface area contributed by atoms with E-state index in [9.17, 15) is 4.79 Å². The highest BCUT2D eigenvalue weighted by Crippen LogP contribution is 2.29. The second kappa shape index (κ2) is 3.92. The SMILES string of the molecule is CCC[C@H]1C[C@@H](C(C)C)C(=O)O1. The highest BCUT2D eigenvalue weighted by atomic mass is 16.5. The Morgan fingerprint density at radius 1 is 1.58 bits per heavy atom. The van der Waals surface area contributed by atoms with Crippen LogP contribution in [0.5, 0.6) is 0 Å². The van der Waals surface area contributed by atoms with Gasteiger partial charge in [-0.2, -0.15) is 0 Å². The largest absolute Gasteiger partial charge is 0.462 e. The molecule has 0 unspecified atom stereocenters. The first-order valence-corrected chi connectivity index (χ1v) is 4.85. The van der Waals surface area contributed by atoms with Crippen molar-refractivity contribution < 1.29 is 9.53 Å². The summed E-state index contributed by atoms with van der Waals surface area (Å²) in [6, 6.07) is 0. The minimum Gasteiger partial charge on any atom is -0.462 e. The van der Waals surface area contributed by atoms with Gasteiger partial charge in [-0.1, -0.05) is 27.2 Å². The lowest BCUT2D eigenvalue weighted by atomic mass is 9.92. The van der Waals surface area contributed by atoms with Gasteiger partial charge in [0.15, 0.2) is 0 Å². The number of hydrogen-bond acceptors (Lipinski definition) is 2. The van der Waals surface area contributed by atoms with E-state index >= 15 is 0 Å². The Morgan fingerprint density at radius 2 is 2.25 bits per heavy atom. The summed E-state index contributed by atoms with van der Waals surface area (Å²) in [6.07, 6.45) is 3.26. The van der Waals surface area contributed by atoms with E-state index in [2.05, 4.69) is 20.8 Å². The molecule has 70 valence electrons. The molecule has 2 atom stereocenters. The third-order valence-corrected chi connectivity index (χ3v) is 2.52. The van der Waals surface area contributed by atoms with E-state index in [1.54, 1.807) is 0 Å². The van der Waals surface area contributed by atoms with Gasteiger partial charge in [0.1, 0.15) is 6.10 Å². The van der Waals surface area contributed by atoms with Crippen LogP contribution in [-0.4, -0.2) is 12.1 Å². The lowest BCUT2D eigenvalue weighted by Gasteiger charge is -2.08. The first kappa shape index (κ1) is 9.56. The van der Waals surface area contributed by atoms with Crippen molar-refractivity contribution in [2.45, 2.75) is 46.1 Å². The van der Waals surface area contributed by atoms with Crippen molar-refractivity contribution in [3.63, 3.8) is 0 Å². The van der Waals surface area contributed by atoms with Crippen LogP contribution in [0.4, 0.5) is 0 Å². The molecule has 1 aliphatic heterocycles. The Hall–Kier alpha value is -0.530. The molecule has 0 bridgehead atoms. The first-order valence-electron chi connectivity index (χ1n) is 4.85. The Labute approximate surface area is 74.3 Å². The van der Waals surface area contributed by atoms with Gasteiger partial charge >= 0.3 is 5.97 Å². The van der Waals surface area contributed by atoms with E-state index in [1.165, 1.54) is 0 Å². The predicted molar refractivity (Wildman–Crippen MR) is 47.7 cm³/mol. The van der Waals surface area contributed by atoms with Gasteiger partial charge in [0, 0.05) is 0 Å². The van der Waals surface area contributed by atoms with Crippen LogP contribution in [0, 0.1) is 11.8 Å². The normalized spacial score (nSPS) is 29.5. The van der Waals surface area contributed by atoms with Gasteiger partial charge in [-0.05, 0) is 18.8 Å². The second-order valence-corrected chi connectivity index (χ2v) is 3.93. The number of carbonyl (C=O) groups excluding carboxylic acids is 1. The van der Waals surface area contributed by atoms with Crippen molar-refractivity contribution in [2.24, 2.45) is 11.8 Å². The monoisotopic (exact) mass is 170 g/mol. The molecule has 0 spiro atoms. The molecule has 0 aromatic heterocycles. The van der Waals surface area contributed by atoms with Gasteiger partial charge in [0.25, 0.3) is 0 Å². The zero-order valence-electron chi connectivity index (χ0n) is 8.17. The lowest BCUT2D eigenvalue weighted by Crippen LogP contribution is -2.13. The number of rotatable bonds is 3. The van der Waals surface area contributed by atoms with Crippen molar-refractivity contribution >= 4 is 5.97 Å². The van der Waals surface area contributed by atoms with Gasteiger partial charge in [0.2, 0.25) is 0 Å². The molecule has 0 aromatic carbocycles. The zero-order valence-corrected chi connectivity index (χ0v) is 8.17. The van der Waals surface area contributed by atoms with Crippen molar-refractivity contribution in [3.05, 3.63) is 0 Å². The molecule has 1 fully saturated rings.